The maximum atomic E-state index is 10.8. The predicted molar refractivity (Wildman–Crippen MR) is 69.5 cm³/mol. The van der Waals surface area contributed by atoms with Gasteiger partial charge in [0.2, 0.25) is 0 Å². The summed E-state index contributed by atoms with van der Waals surface area (Å²) in [6.07, 6.45) is 2.21. The third-order valence-corrected chi connectivity index (χ3v) is 2.83. The van der Waals surface area contributed by atoms with E-state index in [0.29, 0.717) is 5.92 Å². The zero-order valence-electron chi connectivity index (χ0n) is 9.55. The molecule has 98 valence electrons. The first-order valence-corrected chi connectivity index (χ1v) is 5.16. The van der Waals surface area contributed by atoms with Crippen molar-refractivity contribution < 1.29 is 9.90 Å². The lowest BCUT2D eigenvalue weighted by atomic mass is 9.96. The van der Waals surface area contributed by atoms with Crippen molar-refractivity contribution in [1.82, 2.24) is 15.1 Å². The van der Waals surface area contributed by atoms with E-state index in [9.17, 15) is 4.79 Å². The van der Waals surface area contributed by atoms with Crippen LogP contribution in [-0.4, -0.2) is 33.9 Å². The molecule has 7 heteroatoms. The Kier molecular flexibility index (Phi) is 6.52. The van der Waals surface area contributed by atoms with Crippen LogP contribution in [0.4, 0.5) is 0 Å². The molecule has 1 aromatic heterocycles. The van der Waals surface area contributed by atoms with Crippen molar-refractivity contribution in [1.29, 1.82) is 0 Å². The van der Waals surface area contributed by atoms with Crippen LogP contribution >= 0.6 is 24.8 Å². The second-order valence-electron chi connectivity index (χ2n) is 3.93. The number of aryl methyl sites for hydroxylation is 1. The standard InChI is InChI=1S/C10H15N3O2.2ClH/c1-13-9(10(14)15)5-8(12-13)7-3-2-4-11-6-7;;/h5,7,11H,2-4,6H2,1H3,(H,14,15);2*1H. The minimum Gasteiger partial charge on any atom is -0.477 e. The van der Waals surface area contributed by atoms with Gasteiger partial charge >= 0.3 is 5.97 Å². The number of rotatable bonds is 2. The maximum Gasteiger partial charge on any atom is 0.354 e. The van der Waals surface area contributed by atoms with Crippen molar-refractivity contribution in [3.63, 3.8) is 0 Å². The second-order valence-corrected chi connectivity index (χ2v) is 3.93. The molecule has 2 N–H and O–H groups in total. The molecule has 1 saturated heterocycles. The molecule has 1 atom stereocenters. The van der Waals surface area contributed by atoms with Crippen molar-refractivity contribution in [2.45, 2.75) is 18.8 Å². The van der Waals surface area contributed by atoms with Crippen LogP contribution < -0.4 is 5.32 Å². The number of carboxylic acid groups (broad SMARTS) is 1. The zero-order valence-corrected chi connectivity index (χ0v) is 11.2. The SMILES string of the molecule is Cl.Cl.Cn1nc(C2CCCNC2)cc1C(=O)O. The summed E-state index contributed by atoms with van der Waals surface area (Å²) in [6, 6.07) is 1.68. The summed E-state index contributed by atoms with van der Waals surface area (Å²) >= 11 is 0. The van der Waals surface area contributed by atoms with E-state index in [1.807, 2.05) is 0 Å². The Morgan fingerprint density at radius 2 is 2.29 bits per heavy atom. The lowest BCUT2D eigenvalue weighted by molar-refractivity contribution is 0.0685. The van der Waals surface area contributed by atoms with Gasteiger partial charge in [0.15, 0.2) is 0 Å². The molecule has 2 heterocycles. The highest BCUT2D eigenvalue weighted by atomic mass is 35.5. The molecule has 1 aliphatic heterocycles. The van der Waals surface area contributed by atoms with Crippen LogP contribution in [0.15, 0.2) is 6.07 Å². The van der Waals surface area contributed by atoms with Gasteiger partial charge in [0.25, 0.3) is 0 Å². The average Bonchev–Trinajstić information content (AvgIpc) is 2.62. The molecule has 1 aliphatic rings. The van der Waals surface area contributed by atoms with Crippen molar-refractivity contribution >= 4 is 30.8 Å². The van der Waals surface area contributed by atoms with Gasteiger partial charge in [0.05, 0.1) is 5.69 Å². The number of aromatic nitrogens is 2. The van der Waals surface area contributed by atoms with Crippen molar-refractivity contribution in [2.75, 3.05) is 13.1 Å². The van der Waals surface area contributed by atoms with Crippen molar-refractivity contribution in [2.24, 2.45) is 7.05 Å². The second kappa shape index (κ2) is 6.83. The molecular formula is C10H17Cl2N3O2. The van der Waals surface area contributed by atoms with Gasteiger partial charge in [-0.3, -0.25) is 4.68 Å². The molecule has 5 nitrogen and oxygen atoms in total. The molecule has 1 aromatic rings. The Balaban J connectivity index is 0.00000128. The number of hydrogen-bond donors (Lipinski definition) is 2. The minimum absolute atomic E-state index is 0. The molecule has 0 aromatic carbocycles. The number of hydrogen-bond acceptors (Lipinski definition) is 3. The molecule has 1 unspecified atom stereocenters. The minimum atomic E-state index is -0.917. The molecule has 2 rings (SSSR count). The monoisotopic (exact) mass is 281 g/mol. The van der Waals surface area contributed by atoms with Crippen molar-refractivity contribution in [3.8, 4) is 0 Å². The molecule has 0 amide bonds. The molecule has 0 saturated carbocycles. The third-order valence-electron chi connectivity index (χ3n) is 2.83. The Morgan fingerprint density at radius 1 is 1.59 bits per heavy atom. The van der Waals surface area contributed by atoms with Crippen LogP contribution in [0.3, 0.4) is 0 Å². The van der Waals surface area contributed by atoms with Crippen LogP contribution in [-0.2, 0) is 7.05 Å². The molecule has 17 heavy (non-hydrogen) atoms. The maximum absolute atomic E-state index is 10.8. The first kappa shape index (κ1) is 16.2. The highest BCUT2D eigenvalue weighted by Crippen LogP contribution is 2.22. The fourth-order valence-corrected chi connectivity index (χ4v) is 1.99. The van der Waals surface area contributed by atoms with Crippen LogP contribution in [0.5, 0.6) is 0 Å². The summed E-state index contributed by atoms with van der Waals surface area (Å²) < 4.78 is 1.44. The van der Waals surface area contributed by atoms with Gasteiger partial charge in [0.1, 0.15) is 5.69 Å². The molecule has 0 radical (unpaired) electrons. The van der Waals surface area contributed by atoms with Gasteiger partial charge in [-0.05, 0) is 25.5 Å². The van der Waals surface area contributed by atoms with Gasteiger partial charge < -0.3 is 10.4 Å². The van der Waals surface area contributed by atoms with E-state index in [-0.39, 0.29) is 30.5 Å². The fourth-order valence-electron chi connectivity index (χ4n) is 1.99. The van der Waals surface area contributed by atoms with Gasteiger partial charge in [-0.25, -0.2) is 4.79 Å². The summed E-state index contributed by atoms with van der Waals surface area (Å²) in [7, 11) is 1.67. The fraction of sp³-hybridized carbons (Fsp3) is 0.600. The van der Waals surface area contributed by atoms with Crippen LogP contribution in [0.2, 0.25) is 0 Å². The van der Waals surface area contributed by atoms with E-state index in [1.165, 1.54) is 4.68 Å². The molecule has 1 fully saturated rings. The quantitative estimate of drug-likeness (QED) is 0.861. The van der Waals surface area contributed by atoms with E-state index < -0.39 is 5.97 Å². The summed E-state index contributed by atoms with van der Waals surface area (Å²) in [4.78, 5) is 10.8. The zero-order chi connectivity index (χ0) is 10.8. The van der Waals surface area contributed by atoms with Crippen LogP contribution in [0, 0.1) is 0 Å². The van der Waals surface area contributed by atoms with Crippen LogP contribution in [0.25, 0.3) is 0 Å². The highest BCUT2D eigenvalue weighted by molar-refractivity contribution is 5.86. The molecule has 0 bridgehead atoms. The lowest BCUT2D eigenvalue weighted by Gasteiger charge is -2.20. The Morgan fingerprint density at radius 3 is 2.76 bits per heavy atom. The van der Waals surface area contributed by atoms with E-state index >= 15 is 0 Å². The number of nitrogens with zero attached hydrogens (tertiary/aromatic N) is 2. The summed E-state index contributed by atoms with van der Waals surface area (Å²) in [5, 5.41) is 16.4. The Hall–Kier alpha value is -0.780. The van der Waals surface area contributed by atoms with E-state index in [2.05, 4.69) is 10.4 Å². The summed E-state index contributed by atoms with van der Waals surface area (Å²) in [5.74, 6) is -0.557. The molecule has 0 spiro atoms. The Labute approximate surface area is 112 Å². The number of carboxylic acids is 1. The number of halogens is 2. The first-order valence-electron chi connectivity index (χ1n) is 5.16. The number of carbonyl (C=O) groups is 1. The van der Waals surface area contributed by atoms with Gasteiger partial charge in [-0.1, -0.05) is 0 Å². The van der Waals surface area contributed by atoms with Crippen molar-refractivity contribution in [3.05, 3.63) is 17.5 Å². The van der Waals surface area contributed by atoms with E-state index in [0.717, 1.165) is 31.6 Å². The van der Waals surface area contributed by atoms with E-state index in [4.69, 9.17) is 5.11 Å². The Bertz CT molecular complexity index is 376. The average molecular weight is 282 g/mol. The van der Waals surface area contributed by atoms with Gasteiger partial charge in [-0.15, -0.1) is 24.8 Å². The predicted octanol–water partition coefficient (Wildman–Crippen LogP) is 1.43. The van der Waals surface area contributed by atoms with Gasteiger partial charge in [0, 0.05) is 19.5 Å². The largest absolute Gasteiger partial charge is 0.477 e. The van der Waals surface area contributed by atoms with Gasteiger partial charge in [-0.2, -0.15) is 5.10 Å². The molecule has 0 aliphatic carbocycles. The summed E-state index contributed by atoms with van der Waals surface area (Å²) in [5.41, 5.74) is 1.15. The topological polar surface area (TPSA) is 67.2 Å². The lowest BCUT2D eigenvalue weighted by Crippen LogP contribution is -2.28. The number of piperidine rings is 1. The smallest absolute Gasteiger partial charge is 0.354 e. The molecular weight excluding hydrogens is 265 g/mol. The van der Waals surface area contributed by atoms with Crippen LogP contribution in [0.1, 0.15) is 34.9 Å². The number of nitrogens with one attached hydrogen (secondary N) is 1. The third kappa shape index (κ3) is 3.59. The van der Waals surface area contributed by atoms with E-state index in [1.54, 1.807) is 13.1 Å². The number of aromatic carboxylic acids is 1. The highest BCUT2D eigenvalue weighted by Gasteiger charge is 2.20. The normalized spacial score (nSPS) is 19.0. The first-order chi connectivity index (χ1) is 7.18. The summed E-state index contributed by atoms with van der Waals surface area (Å²) in [6.45, 7) is 1.95.